The van der Waals surface area contributed by atoms with Gasteiger partial charge in [0.2, 0.25) is 10.0 Å². The number of hydrogen-bond acceptors (Lipinski definition) is 4. The van der Waals surface area contributed by atoms with E-state index in [1.807, 2.05) is 0 Å². The molecule has 1 fully saturated rings. The summed E-state index contributed by atoms with van der Waals surface area (Å²) in [5.74, 6) is 0. The molecular weight excluding hydrogens is 250 g/mol. The van der Waals surface area contributed by atoms with Gasteiger partial charge in [-0.15, -0.1) is 0 Å². The highest BCUT2D eigenvalue weighted by Gasteiger charge is 2.31. The van der Waals surface area contributed by atoms with Gasteiger partial charge in [-0.1, -0.05) is 13.3 Å². The van der Waals surface area contributed by atoms with E-state index in [0.717, 1.165) is 12.2 Å². The molecule has 0 unspecified atom stereocenters. The van der Waals surface area contributed by atoms with Crippen LogP contribution < -0.4 is 16.2 Å². The van der Waals surface area contributed by atoms with E-state index in [2.05, 4.69) is 12.2 Å². The zero-order valence-electron chi connectivity index (χ0n) is 10.4. The summed E-state index contributed by atoms with van der Waals surface area (Å²) >= 11 is 0. The van der Waals surface area contributed by atoms with Gasteiger partial charge in [0.1, 0.15) is 0 Å². The number of primary sulfonamides is 1. The fourth-order valence-corrected chi connectivity index (χ4v) is 2.69. The quantitative estimate of drug-likeness (QED) is 0.722. The summed E-state index contributed by atoms with van der Waals surface area (Å²) in [6, 6.07) is 4.52. The van der Waals surface area contributed by atoms with Crippen LogP contribution in [0.4, 0.5) is 11.4 Å². The Kier molecular flexibility index (Phi) is 3.25. The van der Waals surface area contributed by atoms with Crippen molar-refractivity contribution in [2.75, 3.05) is 17.6 Å². The van der Waals surface area contributed by atoms with Crippen molar-refractivity contribution in [2.45, 2.75) is 31.1 Å². The van der Waals surface area contributed by atoms with Crippen LogP contribution in [0.2, 0.25) is 0 Å². The van der Waals surface area contributed by atoms with Crippen molar-refractivity contribution < 1.29 is 8.42 Å². The summed E-state index contributed by atoms with van der Waals surface area (Å²) in [4.78, 5) is 0.0420. The Morgan fingerprint density at radius 3 is 2.50 bits per heavy atom. The number of sulfonamides is 1. The summed E-state index contributed by atoms with van der Waals surface area (Å²) in [6.07, 6.45) is 3.71. The molecule has 18 heavy (non-hydrogen) atoms. The van der Waals surface area contributed by atoms with Crippen LogP contribution in [0, 0.1) is 5.41 Å². The van der Waals surface area contributed by atoms with E-state index in [-0.39, 0.29) is 4.90 Å². The second kappa shape index (κ2) is 4.44. The molecule has 1 aliphatic rings. The van der Waals surface area contributed by atoms with E-state index < -0.39 is 10.0 Å². The molecule has 1 aromatic carbocycles. The average molecular weight is 269 g/mol. The first-order valence-corrected chi connectivity index (χ1v) is 7.51. The summed E-state index contributed by atoms with van der Waals surface area (Å²) in [6.45, 7) is 3.09. The van der Waals surface area contributed by atoms with Gasteiger partial charge in [0.05, 0.1) is 16.3 Å². The Morgan fingerprint density at radius 2 is 2.06 bits per heavy atom. The highest BCUT2D eigenvalue weighted by Crippen LogP contribution is 2.40. The van der Waals surface area contributed by atoms with Crippen molar-refractivity contribution >= 4 is 21.4 Å². The van der Waals surface area contributed by atoms with E-state index >= 15 is 0 Å². The fourth-order valence-electron chi connectivity index (χ4n) is 2.14. The smallest absolute Gasteiger partial charge is 0.238 e. The second-order valence-corrected chi connectivity index (χ2v) is 6.87. The van der Waals surface area contributed by atoms with Crippen molar-refractivity contribution in [3.63, 3.8) is 0 Å². The van der Waals surface area contributed by atoms with E-state index in [1.54, 1.807) is 6.07 Å². The molecule has 0 aromatic heterocycles. The molecule has 1 saturated carbocycles. The van der Waals surface area contributed by atoms with Gasteiger partial charge >= 0.3 is 0 Å². The van der Waals surface area contributed by atoms with Crippen LogP contribution >= 0.6 is 0 Å². The van der Waals surface area contributed by atoms with Gasteiger partial charge in [-0.3, -0.25) is 0 Å². The lowest BCUT2D eigenvalue weighted by Gasteiger charge is -2.38. The van der Waals surface area contributed by atoms with Gasteiger partial charge in [-0.25, -0.2) is 13.6 Å². The van der Waals surface area contributed by atoms with Crippen LogP contribution in [0.25, 0.3) is 0 Å². The maximum atomic E-state index is 11.2. The van der Waals surface area contributed by atoms with Crippen LogP contribution in [0.1, 0.15) is 26.2 Å². The van der Waals surface area contributed by atoms with Gasteiger partial charge in [-0.05, 0) is 36.5 Å². The number of nitrogens with one attached hydrogen (secondary N) is 1. The Labute approximate surface area is 108 Å². The van der Waals surface area contributed by atoms with Crippen molar-refractivity contribution in [2.24, 2.45) is 10.6 Å². The molecule has 0 spiro atoms. The Morgan fingerprint density at radius 1 is 1.39 bits per heavy atom. The maximum absolute atomic E-state index is 11.2. The van der Waals surface area contributed by atoms with E-state index in [4.69, 9.17) is 10.9 Å². The van der Waals surface area contributed by atoms with Crippen molar-refractivity contribution in [1.29, 1.82) is 0 Å². The Balaban J connectivity index is 2.10. The number of anilines is 2. The minimum atomic E-state index is -3.69. The van der Waals surface area contributed by atoms with Gasteiger partial charge in [-0.2, -0.15) is 0 Å². The first-order chi connectivity index (χ1) is 8.30. The molecular formula is C12H19N3O2S. The molecule has 0 amide bonds. The normalized spacial score (nSPS) is 18.1. The predicted molar refractivity (Wildman–Crippen MR) is 72.7 cm³/mol. The number of rotatable bonds is 4. The lowest BCUT2D eigenvalue weighted by molar-refractivity contribution is 0.180. The third kappa shape index (κ3) is 2.76. The topological polar surface area (TPSA) is 98.2 Å². The van der Waals surface area contributed by atoms with Crippen molar-refractivity contribution in [3.05, 3.63) is 18.2 Å². The Hall–Kier alpha value is -1.27. The number of benzene rings is 1. The largest absolute Gasteiger partial charge is 0.397 e. The monoisotopic (exact) mass is 269 g/mol. The summed E-state index contributed by atoms with van der Waals surface area (Å²) in [7, 11) is -3.69. The summed E-state index contributed by atoms with van der Waals surface area (Å²) in [5, 5.41) is 8.32. The average Bonchev–Trinajstić information content (AvgIpc) is 2.23. The molecule has 0 heterocycles. The van der Waals surface area contributed by atoms with E-state index in [0.29, 0.717) is 11.1 Å². The molecule has 0 atom stereocenters. The van der Waals surface area contributed by atoms with Gasteiger partial charge in [0, 0.05) is 6.54 Å². The predicted octanol–water partition coefficient (Wildman–Crippen LogP) is 1.52. The second-order valence-electron chi connectivity index (χ2n) is 5.31. The molecule has 0 bridgehead atoms. The zero-order valence-corrected chi connectivity index (χ0v) is 11.3. The number of nitrogens with two attached hydrogens (primary N) is 2. The fraction of sp³-hybridized carbons (Fsp3) is 0.500. The van der Waals surface area contributed by atoms with Crippen LogP contribution in [-0.4, -0.2) is 15.0 Å². The Bertz CT molecular complexity index is 550. The van der Waals surface area contributed by atoms with Gasteiger partial charge in [0.25, 0.3) is 0 Å². The first-order valence-electron chi connectivity index (χ1n) is 5.96. The van der Waals surface area contributed by atoms with Crippen LogP contribution in [-0.2, 0) is 10.0 Å². The van der Waals surface area contributed by atoms with Crippen molar-refractivity contribution in [1.82, 2.24) is 0 Å². The lowest BCUT2D eigenvalue weighted by atomic mass is 9.70. The summed E-state index contributed by atoms with van der Waals surface area (Å²) in [5.41, 5.74) is 7.33. The first kappa shape index (κ1) is 13.2. The molecule has 1 aliphatic carbocycles. The van der Waals surface area contributed by atoms with Crippen molar-refractivity contribution in [3.8, 4) is 0 Å². The van der Waals surface area contributed by atoms with Crippen LogP contribution in [0.15, 0.2) is 23.1 Å². The molecule has 6 heteroatoms. The van der Waals surface area contributed by atoms with Crippen LogP contribution in [0.5, 0.6) is 0 Å². The molecule has 0 saturated heterocycles. The zero-order chi connectivity index (χ0) is 13.4. The molecule has 100 valence electrons. The molecule has 2 rings (SSSR count). The number of nitrogen functional groups attached to an aromatic ring is 1. The minimum absolute atomic E-state index is 0.0420. The minimum Gasteiger partial charge on any atom is -0.397 e. The SMILES string of the molecule is CC1(CNc2ccc(S(N)(=O)=O)cc2N)CCC1. The third-order valence-corrected chi connectivity index (χ3v) is 4.53. The van der Waals surface area contributed by atoms with Crippen LogP contribution in [0.3, 0.4) is 0 Å². The molecule has 0 aliphatic heterocycles. The summed E-state index contributed by atoms with van der Waals surface area (Å²) < 4.78 is 22.3. The van der Waals surface area contributed by atoms with E-state index in [9.17, 15) is 8.42 Å². The standard InChI is InChI=1S/C12H19N3O2S/c1-12(5-2-6-12)8-15-11-4-3-9(7-10(11)13)18(14,16)17/h3-4,7,15H,2,5-6,8,13H2,1H3,(H2,14,16,17). The third-order valence-electron chi connectivity index (χ3n) is 3.62. The van der Waals surface area contributed by atoms with Gasteiger partial charge < -0.3 is 11.1 Å². The van der Waals surface area contributed by atoms with E-state index in [1.165, 1.54) is 31.4 Å². The number of hydrogen-bond donors (Lipinski definition) is 3. The molecule has 1 aromatic rings. The maximum Gasteiger partial charge on any atom is 0.238 e. The highest BCUT2D eigenvalue weighted by atomic mass is 32.2. The van der Waals surface area contributed by atoms with Gasteiger partial charge in [0.15, 0.2) is 0 Å². The molecule has 0 radical (unpaired) electrons. The lowest BCUT2D eigenvalue weighted by Crippen LogP contribution is -2.33. The molecule has 5 N–H and O–H groups in total. The highest BCUT2D eigenvalue weighted by molar-refractivity contribution is 7.89. The molecule has 5 nitrogen and oxygen atoms in total.